The second kappa shape index (κ2) is 5.15. The van der Waals surface area contributed by atoms with Gasteiger partial charge in [-0.1, -0.05) is 0 Å². The molecule has 2 aliphatic rings. The molecule has 16 heavy (non-hydrogen) atoms. The Morgan fingerprint density at radius 2 is 2.00 bits per heavy atom. The molecule has 92 valence electrons. The van der Waals surface area contributed by atoms with Crippen molar-refractivity contribution in [2.45, 2.75) is 44.7 Å². The number of nitrogens with two attached hydrogens (primary N) is 1. The van der Waals surface area contributed by atoms with E-state index in [0.29, 0.717) is 25.2 Å². The highest BCUT2D eigenvalue weighted by Crippen LogP contribution is 2.26. The van der Waals surface area contributed by atoms with E-state index in [-0.39, 0.29) is 12.0 Å². The molecule has 1 aliphatic heterocycles. The van der Waals surface area contributed by atoms with Crippen LogP contribution in [0.1, 0.15) is 32.6 Å². The summed E-state index contributed by atoms with van der Waals surface area (Å²) in [6.45, 7) is 4.18. The van der Waals surface area contributed by atoms with Crippen molar-refractivity contribution in [2.24, 2.45) is 11.7 Å². The van der Waals surface area contributed by atoms with Gasteiger partial charge in [0.2, 0.25) is 5.91 Å². The molecule has 1 saturated carbocycles. The number of carbonyl (C=O) groups excluding carboxylic acids is 1. The minimum atomic E-state index is 0.209. The second-order valence-corrected chi connectivity index (χ2v) is 5.07. The molecule has 2 N–H and O–H groups in total. The van der Waals surface area contributed by atoms with Crippen LogP contribution in [0.3, 0.4) is 0 Å². The van der Waals surface area contributed by atoms with E-state index < -0.39 is 0 Å². The van der Waals surface area contributed by atoms with Gasteiger partial charge in [0.25, 0.3) is 0 Å². The van der Waals surface area contributed by atoms with Crippen LogP contribution in [0.25, 0.3) is 0 Å². The lowest BCUT2D eigenvalue weighted by atomic mass is 9.85. The van der Waals surface area contributed by atoms with Crippen LogP contribution in [-0.2, 0) is 9.53 Å². The Morgan fingerprint density at radius 3 is 2.62 bits per heavy atom. The van der Waals surface area contributed by atoms with Crippen LogP contribution in [0.15, 0.2) is 0 Å². The molecule has 1 unspecified atom stereocenters. The summed E-state index contributed by atoms with van der Waals surface area (Å²) in [6.07, 6.45) is 3.92. The molecule has 4 heteroatoms. The van der Waals surface area contributed by atoms with Gasteiger partial charge >= 0.3 is 0 Å². The molecule has 1 heterocycles. The van der Waals surface area contributed by atoms with Crippen LogP contribution >= 0.6 is 0 Å². The van der Waals surface area contributed by atoms with Crippen molar-refractivity contribution >= 4 is 5.91 Å². The van der Waals surface area contributed by atoms with Crippen molar-refractivity contribution in [2.75, 3.05) is 19.8 Å². The first-order chi connectivity index (χ1) is 7.68. The highest BCUT2D eigenvalue weighted by Gasteiger charge is 2.31. The molecular formula is C12H22N2O2. The van der Waals surface area contributed by atoms with Gasteiger partial charge in [0.1, 0.15) is 0 Å². The SMILES string of the molecule is CC1COCCN1C(=O)C1CCC(N)CC1. The predicted octanol–water partition coefficient (Wildman–Crippen LogP) is 0.751. The summed E-state index contributed by atoms with van der Waals surface area (Å²) in [7, 11) is 0. The van der Waals surface area contributed by atoms with Crippen molar-refractivity contribution in [3.8, 4) is 0 Å². The predicted molar refractivity (Wildman–Crippen MR) is 61.9 cm³/mol. The van der Waals surface area contributed by atoms with E-state index in [1.54, 1.807) is 0 Å². The number of ether oxygens (including phenoxy) is 1. The summed E-state index contributed by atoms with van der Waals surface area (Å²) in [5.41, 5.74) is 5.86. The van der Waals surface area contributed by atoms with E-state index >= 15 is 0 Å². The van der Waals surface area contributed by atoms with Crippen LogP contribution in [0.2, 0.25) is 0 Å². The van der Waals surface area contributed by atoms with E-state index in [0.717, 1.165) is 32.2 Å². The smallest absolute Gasteiger partial charge is 0.226 e. The van der Waals surface area contributed by atoms with Crippen molar-refractivity contribution in [1.82, 2.24) is 4.90 Å². The first kappa shape index (κ1) is 11.9. The maximum absolute atomic E-state index is 12.3. The Kier molecular flexibility index (Phi) is 3.82. The summed E-state index contributed by atoms with van der Waals surface area (Å²) in [4.78, 5) is 14.3. The van der Waals surface area contributed by atoms with Gasteiger partial charge < -0.3 is 15.4 Å². The van der Waals surface area contributed by atoms with Gasteiger partial charge in [-0.3, -0.25) is 4.79 Å². The Hall–Kier alpha value is -0.610. The van der Waals surface area contributed by atoms with Gasteiger partial charge in [-0.15, -0.1) is 0 Å². The lowest BCUT2D eigenvalue weighted by Crippen LogP contribution is -2.50. The molecule has 4 nitrogen and oxygen atoms in total. The van der Waals surface area contributed by atoms with Gasteiger partial charge in [0, 0.05) is 18.5 Å². The zero-order valence-electron chi connectivity index (χ0n) is 10.0. The largest absolute Gasteiger partial charge is 0.377 e. The number of hydrogen-bond acceptors (Lipinski definition) is 3. The molecule has 1 amide bonds. The quantitative estimate of drug-likeness (QED) is 0.718. The maximum atomic E-state index is 12.3. The van der Waals surface area contributed by atoms with Gasteiger partial charge in [-0.2, -0.15) is 0 Å². The number of carbonyl (C=O) groups is 1. The molecule has 2 fully saturated rings. The number of nitrogens with zero attached hydrogens (tertiary/aromatic N) is 1. The van der Waals surface area contributed by atoms with Crippen LogP contribution in [-0.4, -0.2) is 42.6 Å². The standard InChI is InChI=1S/C12H22N2O2/c1-9-8-16-7-6-14(9)12(15)10-2-4-11(13)5-3-10/h9-11H,2-8,13H2,1H3. The molecule has 1 saturated heterocycles. The average molecular weight is 226 g/mol. The molecule has 0 spiro atoms. The fourth-order valence-electron chi connectivity index (χ4n) is 2.66. The summed E-state index contributed by atoms with van der Waals surface area (Å²) >= 11 is 0. The van der Waals surface area contributed by atoms with Crippen LogP contribution in [0.4, 0.5) is 0 Å². The number of morpholine rings is 1. The zero-order chi connectivity index (χ0) is 11.5. The molecule has 0 bridgehead atoms. The van der Waals surface area contributed by atoms with E-state index in [4.69, 9.17) is 10.5 Å². The minimum Gasteiger partial charge on any atom is -0.377 e. The third-order valence-electron chi connectivity index (χ3n) is 3.77. The Bertz CT molecular complexity index is 249. The molecule has 0 radical (unpaired) electrons. The van der Waals surface area contributed by atoms with Crippen molar-refractivity contribution in [3.63, 3.8) is 0 Å². The topological polar surface area (TPSA) is 55.6 Å². The monoisotopic (exact) mass is 226 g/mol. The lowest BCUT2D eigenvalue weighted by Gasteiger charge is -2.37. The molecule has 1 aliphatic carbocycles. The number of amides is 1. The van der Waals surface area contributed by atoms with E-state index in [1.165, 1.54) is 0 Å². The van der Waals surface area contributed by atoms with Crippen LogP contribution < -0.4 is 5.73 Å². The van der Waals surface area contributed by atoms with E-state index in [1.807, 2.05) is 4.90 Å². The number of hydrogen-bond donors (Lipinski definition) is 1. The van der Waals surface area contributed by atoms with Gasteiger partial charge in [-0.05, 0) is 32.6 Å². The first-order valence-electron chi connectivity index (χ1n) is 6.32. The van der Waals surface area contributed by atoms with E-state index in [2.05, 4.69) is 6.92 Å². The third kappa shape index (κ3) is 2.55. The molecule has 0 aromatic carbocycles. The highest BCUT2D eigenvalue weighted by molar-refractivity contribution is 5.79. The molecule has 0 aromatic rings. The Balaban J connectivity index is 1.90. The first-order valence-corrected chi connectivity index (χ1v) is 6.32. The zero-order valence-corrected chi connectivity index (χ0v) is 10.0. The fraction of sp³-hybridized carbons (Fsp3) is 0.917. The summed E-state index contributed by atoms with van der Waals surface area (Å²) in [5, 5.41) is 0. The molecule has 2 rings (SSSR count). The molecule has 0 aromatic heterocycles. The van der Waals surface area contributed by atoms with Gasteiger partial charge in [0.05, 0.1) is 19.3 Å². The van der Waals surface area contributed by atoms with Gasteiger partial charge in [-0.25, -0.2) is 0 Å². The van der Waals surface area contributed by atoms with Crippen molar-refractivity contribution < 1.29 is 9.53 Å². The van der Waals surface area contributed by atoms with E-state index in [9.17, 15) is 4.79 Å². The van der Waals surface area contributed by atoms with Crippen LogP contribution in [0, 0.1) is 5.92 Å². The fourth-order valence-corrected chi connectivity index (χ4v) is 2.66. The van der Waals surface area contributed by atoms with Crippen molar-refractivity contribution in [3.05, 3.63) is 0 Å². The Labute approximate surface area is 97.1 Å². The minimum absolute atomic E-state index is 0.209. The summed E-state index contributed by atoms with van der Waals surface area (Å²) in [6, 6.07) is 0.544. The molecule has 1 atom stereocenters. The number of rotatable bonds is 1. The van der Waals surface area contributed by atoms with Crippen molar-refractivity contribution in [1.29, 1.82) is 0 Å². The van der Waals surface area contributed by atoms with Crippen LogP contribution in [0.5, 0.6) is 0 Å². The second-order valence-electron chi connectivity index (χ2n) is 5.07. The maximum Gasteiger partial charge on any atom is 0.226 e. The highest BCUT2D eigenvalue weighted by atomic mass is 16.5. The molecular weight excluding hydrogens is 204 g/mol. The lowest BCUT2D eigenvalue weighted by molar-refractivity contribution is -0.144. The summed E-state index contributed by atoms with van der Waals surface area (Å²) in [5.74, 6) is 0.531. The average Bonchev–Trinajstić information content (AvgIpc) is 2.30. The Morgan fingerprint density at radius 1 is 1.31 bits per heavy atom. The summed E-state index contributed by atoms with van der Waals surface area (Å²) < 4.78 is 5.35. The van der Waals surface area contributed by atoms with Gasteiger partial charge in [0.15, 0.2) is 0 Å². The third-order valence-corrected chi connectivity index (χ3v) is 3.77. The normalized spacial score (nSPS) is 36.1.